The maximum atomic E-state index is 13.3. The van der Waals surface area contributed by atoms with Gasteiger partial charge in [0.2, 0.25) is 11.8 Å². The van der Waals surface area contributed by atoms with E-state index in [4.69, 9.17) is 0 Å². The largest absolute Gasteiger partial charge is 0.356 e. The van der Waals surface area contributed by atoms with Crippen LogP contribution < -0.4 is 5.32 Å². The number of carbonyl (C=O) groups is 2. The summed E-state index contributed by atoms with van der Waals surface area (Å²) in [5, 5.41) is 3.06. The number of hydrogen-bond donors (Lipinski definition) is 1. The van der Waals surface area contributed by atoms with Crippen LogP contribution in [0.4, 0.5) is 8.78 Å². The molecule has 1 saturated heterocycles. The number of halogens is 2. The van der Waals surface area contributed by atoms with Gasteiger partial charge in [0.15, 0.2) is 11.6 Å². The van der Waals surface area contributed by atoms with Crippen molar-refractivity contribution in [3.8, 4) is 0 Å². The minimum Gasteiger partial charge on any atom is -0.356 e. The second kappa shape index (κ2) is 9.59. The molecule has 0 radical (unpaired) electrons. The summed E-state index contributed by atoms with van der Waals surface area (Å²) in [4.78, 5) is 30.8. The minimum absolute atomic E-state index is 0.0236. The topological polar surface area (TPSA) is 62.3 Å². The molecule has 2 amide bonds. The number of amides is 2. The molecule has 2 fully saturated rings. The summed E-state index contributed by atoms with van der Waals surface area (Å²) in [7, 11) is 0. The number of aromatic nitrogens is 1. The molecule has 1 aliphatic carbocycles. The molecule has 1 saturated carbocycles. The number of hydrogen-bond acceptors (Lipinski definition) is 3. The molecular weight excluding hydrogens is 412 g/mol. The Labute approximate surface area is 186 Å². The van der Waals surface area contributed by atoms with Gasteiger partial charge in [-0.1, -0.05) is 6.07 Å². The van der Waals surface area contributed by atoms with E-state index >= 15 is 0 Å². The zero-order valence-corrected chi connectivity index (χ0v) is 17.9. The highest BCUT2D eigenvalue weighted by molar-refractivity contribution is 5.92. The predicted molar refractivity (Wildman–Crippen MR) is 117 cm³/mol. The van der Waals surface area contributed by atoms with E-state index in [1.807, 2.05) is 12.1 Å². The lowest BCUT2D eigenvalue weighted by molar-refractivity contribution is -0.127. The third kappa shape index (κ3) is 5.21. The van der Waals surface area contributed by atoms with Gasteiger partial charge in [-0.05, 0) is 79.0 Å². The second-order valence-electron chi connectivity index (χ2n) is 8.70. The zero-order chi connectivity index (χ0) is 22.6. The zero-order valence-electron chi connectivity index (χ0n) is 17.9. The van der Waals surface area contributed by atoms with E-state index in [0.29, 0.717) is 25.2 Å². The van der Waals surface area contributed by atoms with Crippen LogP contribution in [0.2, 0.25) is 0 Å². The molecule has 1 aromatic heterocycles. The van der Waals surface area contributed by atoms with Crippen LogP contribution in [0, 0.1) is 23.0 Å². The van der Waals surface area contributed by atoms with Gasteiger partial charge in [-0.25, -0.2) is 8.78 Å². The van der Waals surface area contributed by atoms with Crippen molar-refractivity contribution in [1.82, 2.24) is 15.2 Å². The molecular formula is C25H27F2N3O2. The van der Waals surface area contributed by atoms with E-state index in [0.717, 1.165) is 44.2 Å². The first-order chi connectivity index (χ1) is 15.5. The molecule has 1 N–H and O–H groups in total. The van der Waals surface area contributed by atoms with Crippen molar-refractivity contribution in [3.63, 3.8) is 0 Å². The Balaban J connectivity index is 1.19. The lowest BCUT2D eigenvalue weighted by Crippen LogP contribution is -2.40. The summed E-state index contributed by atoms with van der Waals surface area (Å²) in [5.41, 5.74) is 1.68. The third-order valence-corrected chi connectivity index (χ3v) is 6.63. The monoisotopic (exact) mass is 439 g/mol. The van der Waals surface area contributed by atoms with Crippen LogP contribution in [0.5, 0.6) is 0 Å². The van der Waals surface area contributed by atoms with E-state index < -0.39 is 11.6 Å². The van der Waals surface area contributed by atoms with E-state index in [1.165, 1.54) is 23.8 Å². The third-order valence-electron chi connectivity index (χ3n) is 6.63. The Morgan fingerprint density at radius 1 is 1.12 bits per heavy atom. The van der Waals surface area contributed by atoms with E-state index in [9.17, 15) is 18.4 Å². The fourth-order valence-electron chi connectivity index (χ4n) is 4.51. The average Bonchev–Trinajstić information content (AvgIpc) is 3.51. The highest BCUT2D eigenvalue weighted by Crippen LogP contribution is 2.59. The Kier molecular flexibility index (Phi) is 6.63. The van der Waals surface area contributed by atoms with Gasteiger partial charge in [-0.3, -0.25) is 14.6 Å². The Hall–Kier alpha value is -3.09. The summed E-state index contributed by atoms with van der Waals surface area (Å²) in [6, 6.07) is 7.51. The molecule has 2 heterocycles. The van der Waals surface area contributed by atoms with Crippen LogP contribution in [-0.4, -0.2) is 41.3 Å². The fraction of sp³-hybridized carbons (Fsp3) is 0.400. The van der Waals surface area contributed by atoms with Crippen molar-refractivity contribution in [3.05, 3.63) is 71.6 Å². The molecule has 2 aliphatic rings. The highest BCUT2D eigenvalue weighted by Gasteiger charge is 2.58. The number of likely N-dealkylation sites (tertiary alicyclic amines) is 1. The summed E-state index contributed by atoms with van der Waals surface area (Å²) >= 11 is 0. The quantitative estimate of drug-likeness (QED) is 0.528. The normalized spacial score (nSPS) is 19.3. The van der Waals surface area contributed by atoms with Gasteiger partial charge in [0, 0.05) is 44.0 Å². The van der Waals surface area contributed by atoms with Crippen molar-refractivity contribution in [2.45, 2.75) is 32.1 Å². The number of aryl methyl sites for hydroxylation is 1. The van der Waals surface area contributed by atoms with Crippen molar-refractivity contribution < 1.29 is 18.4 Å². The summed E-state index contributed by atoms with van der Waals surface area (Å²) in [5.74, 6) is -1.83. The second-order valence-corrected chi connectivity index (χ2v) is 8.70. The van der Waals surface area contributed by atoms with Gasteiger partial charge in [0.1, 0.15) is 0 Å². The van der Waals surface area contributed by atoms with Gasteiger partial charge >= 0.3 is 0 Å². The molecule has 1 unspecified atom stereocenters. The number of benzene rings is 1. The van der Waals surface area contributed by atoms with Gasteiger partial charge in [-0.2, -0.15) is 0 Å². The first-order valence-electron chi connectivity index (χ1n) is 11.1. The van der Waals surface area contributed by atoms with Crippen molar-refractivity contribution in [2.75, 3.05) is 19.6 Å². The molecule has 1 atom stereocenters. The maximum absolute atomic E-state index is 13.3. The summed E-state index contributed by atoms with van der Waals surface area (Å²) in [6.07, 6.45) is 10.7. The fourth-order valence-corrected chi connectivity index (χ4v) is 4.51. The summed E-state index contributed by atoms with van der Waals surface area (Å²) < 4.78 is 26.3. The molecule has 1 aliphatic heterocycles. The van der Waals surface area contributed by atoms with Crippen LogP contribution in [-0.2, 0) is 16.0 Å². The van der Waals surface area contributed by atoms with E-state index in [-0.39, 0.29) is 23.1 Å². The van der Waals surface area contributed by atoms with E-state index in [2.05, 4.69) is 10.3 Å². The van der Waals surface area contributed by atoms with E-state index in [1.54, 1.807) is 17.3 Å². The highest BCUT2D eigenvalue weighted by atomic mass is 19.2. The number of rotatable bonds is 7. The molecule has 1 aromatic carbocycles. The first-order valence-corrected chi connectivity index (χ1v) is 11.1. The Morgan fingerprint density at radius 2 is 1.88 bits per heavy atom. The van der Waals surface area contributed by atoms with Gasteiger partial charge in [-0.15, -0.1) is 0 Å². The van der Waals surface area contributed by atoms with Crippen LogP contribution in [0.15, 0.2) is 48.8 Å². The van der Waals surface area contributed by atoms with Gasteiger partial charge in [0.25, 0.3) is 0 Å². The predicted octanol–water partition coefficient (Wildman–Crippen LogP) is 3.75. The van der Waals surface area contributed by atoms with Crippen molar-refractivity contribution >= 4 is 17.9 Å². The average molecular weight is 440 g/mol. The number of carbonyl (C=O) groups excluding carboxylic acids is 2. The van der Waals surface area contributed by atoms with Crippen LogP contribution >= 0.6 is 0 Å². The maximum Gasteiger partial charge on any atom is 0.246 e. The first kappa shape index (κ1) is 22.1. The standard InChI is InChI=1S/C25H27F2N3O2/c26-21-5-3-19(16-22(21)27)4-6-23(31)30-14-9-25(10-15-30)17-20(25)24(32)29-11-1-2-18-7-12-28-13-8-18/h3-8,12-13,16,20H,1-2,9-11,14-15,17H2,(H,29,32)/b6-4+. The SMILES string of the molecule is O=C(NCCCc1ccncc1)C1CC12CCN(C(=O)/C=C/c1ccc(F)c(F)c1)CC2. The molecule has 168 valence electrons. The molecule has 1 spiro atoms. The molecule has 4 rings (SSSR count). The van der Waals surface area contributed by atoms with Gasteiger partial charge in [0.05, 0.1) is 0 Å². The lowest BCUT2D eigenvalue weighted by Gasteiger charge is -2.32. The summed E-state index contributed by atoms with van der Waals surface area (Å²) in [6.45, 7) is 1.87. The van der Waals surface area contributed by atoms with Crippen molar-refractivity contribution in [2.24, 2.45) is 11.3 Å². The number of piperidine rings is 1. The van der Waals surface area contributed by atoms with Crippen LogP contribution in [0.3, 0.4) is 0 Å². The van der Waals surface area contributed by atoms with Gasteiger partial charge < -0.3 is 10.2 Å². The van der Waals surface area contributed by atoms with Crippen LogP contribution in [0.25, 0.3) is 6.08 Å². The molecule has 5 nitrogen and oxygen atoms in total. The Morgan fingerprint density at radius 3 is 2.59 bits per heavy atom. The molecule has 7 heteroatoms. The van der Waals surface area contributed by atoms with Crippen LogP contribution in [0.1, 0.15) is 36.8 Å². The molecule has 2 aromatic rings. The number of nitrogens with zero attached hydrogens (tertiary/aromatic N) is 2. The number of nitrogens with one attached hydrogen (secondary N) is 1. The lowest BCUT2D eigenvalue weighted by atomic mass is 9.90. The number of pyridine rings is 1. The van der Waals surface area contributed by atoms with Crippen molar-refractivity contribution in [1.29, 1.82) is 0 Å². The minimum atomic E-state index is -0.935. The Bertz CT molecular complexity index is 1000. The molecule has 32 heavy (non-hydrogen) atoms. The smallest absolute Gasteiger partial charge is 0.246 e. The molecule has 0 bridgehead atoms.